The number of aromatic nitrogens is 2. The molecule has 0 aliphatic carbocycles. The highest BCUT2D eigenvalue weighted by atomic mass is 16.2. The lowest BCUT2D eigenvalue weighted by Crippen LogP contribution is -2.48. The Bertz CT molecular complexity index is 880. The summed E-state index contributed by atoms with van der Waals surface area (Å²) in [6, 6.07) is 5.38. The number of nitrogens with one attached hydrogen (secondary N) is 1. The van der Waals surface area contributed by atoms with Crippen LogP contribution in [0.15, 0.2) is 29.3 Å². The predicted octanol–water partition coefficient (Wildman–Crippen LogP) is 1.47. The molecular formula is C19H26N4O3. The Morgan fingerprint density at radius 3 is 2.58 bits per heavy atom. The van der Waals surface area contributed by atoms with Gasteiger partial charge in [0, 0.05) is 12.1 Å². The number of amides is 2. The van der Waals surface area contributed by atoms with Crippen LogP contribution in [-0.4, -0.2) is 44.9 Å². The molecule has 2 aromatic rings. The molecule has 26 heavy (non-hydrogen) atoms. The van der Waals surface area contributed by atoms with Crippen LogP contribution in [0.1, 0.15) is 33.3 Å². The first-order valence-corrected chi connectivity index (χ1v) is 8.66. The Hall–Kier alpha value is -2.70. The number of para-hydroxylation sites is 1. The summed E-state index contributed by atoms with van der Waals surface area (Å²) >= 11 is 0. The Labute approximate surface area is 153 Å². The van der Waals surface area contributed by atoms with Crippen LogP contribution in [-0.2, 0) is 16.1 Å². The number of hydrogen-bond donors (Lipinski definition) is 1. The van der Waals surface area contributed by atoms with Gasteiger partial charge in [-0.25, -0.2) is 4.98 Å². The normalized spacial score (nSPS) is 11.4. The quantitative estimate of drug-likeness (QED) is 0.877. The maximum absolute atomic E-state index is 12.6. The molecule has 0 aliphatic heterocycles. The van der Waals surface area contributed by atoms with Gasteiger partial charge >= 0.3 is 0 Å². The summed E-state index contributed by atoms with van der Waals surface area (Å²) in [5.74, 6) is -0.528. The summed E-state index contributed by atoms with van der Waals surface area (Å²) in [4.78, 5) is 43.0. The summed E-state index contributed by atoms with van der Waals surface area (Å²) in [6.45, 7) is 9.52. The lowest BCUT2D eigenvalue weighted by atomic mass is 10.1. The van der Waals surface area contributed by atoms with Crippen molar-refractivity contribution in [3.8, 4) is 0 Å². The van der Waals surface area contributed by atoms with Crippen molar-refractivity contribution in [3.05, 3.63) is 40.4 Å². The third-order valence-electron chi connectivity index (χ3n) is 3.94. The molecule has 1 N–H and O–H groups in total. The average Bonchev–Trinajstić information content (AvgIpc) is 2.54. The summed E-state index contributed by atoms with van der Waals surface area (Å²) in [6.07, 6.45) is 1.39. The number of hydrogen-bond acceptors (Lipinski definition) is 4. The topological polar surface area (TPSA) is 84.3 Å². The summed E-state index contributed by atoms with van der Waals surface area (Å²) in [5.41, 5.74) is 0.920. The zero-order valence-electron chi connectivity index (χ0n) is 16.0. The van der Waals surface area contributed by atoms with Crippen LogP contribution in [0.5, 0.6) is 0 Å². The first-order chi connectivity index (χ1) is 12.1. The molecule has 1 heterocycles. The second-order valence-electron chi connectivity index (χ2n) is 7.35. The summed E-state index contributed by atoms with van der Waals surface area (Å²) in [5, 5.41) is 3.31. The molecule has 1 aromatic heterocycles. The molecule has 0 saturated heterocycles. The second kappa shape index (κ2) is 7.68. The Kier molecular flexibility index (Phi) is 5.79. The zero-order chi connectivity index (χ0) is 19.5. The van der Waals surface area contributed by atoms with Gasteiger partial charge < -0.3 is 10.2 Å². The molecule has 0 aliphatic rings. The van der Waals surface area contributed by atoms with Crippen molar-refractivity contribution >= 4 is 22.7 Å². The zero-order valence-corrected chi connectivity index (χ0v) is 16.0. The monoisotopic (exact) mass is 358 g/mol. The SMILES string of the molecule is CCN(CC(=O)NC(C)(C)C)C(=O)Cn1cnc2c(C)cccc2c1=O. The molecule has 2 amide bonds. The number of carbonyl (C=O) groups is 2. The number of nitrogens with zero attached hydrogens (tertiary/aromatic N) is 3. The van der Waals surface area contributed by atoms with Gasteiger partial charge in [-0.3, -0.25) is 19.0 Å². The van der Waals surface area contributed by atoms with E-state index in [-0.39, 0.29) is 36.0 Å². The molecule has 0 fully saturated rings. The Morgan fingerprint density at radius 2 is 1.96 bits per heavy atom. The van der Waals surface area contributed by atoms with Gasteiger partial charge in [0.05, 0.1) is 23.8 Å². The van der Waals surface area contributed by atoms with E-state index in [0.29, 0.717) is 17.4 Å². The van der Waals surface area contributed by atoms with Crippen molar-refractivity contribution < 1.29 is 9.59 Å². The van der Waals surface area contributed by atoms with Crippen LogP contribution < -0.4 is 10.9 Å². The van der Waals surface area contributed by atoms with E-state index < -0.39 is 0 Å². The van der Waals surface area contributed by atoms with Gasteiger partial charge in [0.1, 0.15) is 6.54 Å². The lowest BCUT2D eigenvalue weighted by molar-refractivity contribution is -0.136. The van der Waals surface area contributed by atoms with E-state index in [1.54, 1.807) is 19.1 Å². The highest BCUT2D eigenvalue weighted by molar-refractivity contribution is 5.85. The third kappa shape index (κ3) is 4.68. The summed E-state index contributed by atoms with van der Waals surface area (Å²) < 4.78 is 1.29. The maximum Gasteiger partial charge on any atom is 0.261 e. The number of benzene rings is 1. The van der Waals surface area contributed by atoms with Gasteiger partial charge in [0.25, 0.3) is 5.56 Å². The van der Waals surface area contributed by atoms with E-state index in [0.717, 1.165) is 5.56 Å². The van der Waals surface area contributed by atoms with Crippen LogP contribution in [0.4, 0.5) is 0 Å². The van der Waals surface area contributed by atoms with Crippen molar-refractivity contribution in [1.29, 1.82) is 0 Å². The number of likely N-dealkylation sites (N-methyl/N-ethyl adjacent to an activating group) is 1. The highest BCUT2D eigenvalue weighted by Gasteiger charge is 2.20. The van der Waals surface area contributed by atoms with E-state index in [2.05, 4.69) is 10.3 Å². The first-order valence-electron chi connectivity index (χ1n) is 8.66. The number of aryl methyl sites for hydroxylation is 1. The second-order valence-corrected chi connectivity index (χ2v) is 7.35. The Balaban J connectivity index is 2.17. The summed E-state index contributed by atoms with van der Waals surface area (Å²) in [7, 11) is 0. The van der Waals surface area contributed by atoms with Crippen LogP contribution in [0.2, 0.25) is 0 Å². The molecule has 0 atom stereocenters. The van der Waals surface area contributed by atoms with Crippen molar-refractivity contribution in [1.82, 2.24) is 19.8 Å². The minimum absolute atomic E-state index is 0.0402. The number of rotatable bonds is 5. The fourth-order valence-electron chi connectivity index (χ4n) is 2.70. The minimum Gasteiger partial charge on any atom is -0.350 e. The molecule has 0 unspecified atom stereocenters. The minimum atomic E-state index is -0.364. The maximum atomic E-state index is 12.6. The highest BCUT2D eigenvalue weighted by Crippen LogP contribution is 2.11. The van der Waals surface area contributed by atoms with Crippen molar-refractivity contribution in [3.63, 3.8) is 0 Å². The largest absolute Gasteiger partial charge is 0.350 e. The number of fused-ring (bicyclic) bond motifs is 1. The van der Waals surface area contributed by atoms with Crippen molar-refractivity contribution in [2.24, 2.45) is 0 Å². The Morgan fingerprint density at radius 1 is 1.27 bits per heavy atom. The molecule has 0 bridgehead atoms. The first kappa shape index (κ1) is 19.6. The average molecular weight is 358 g/mol. The van der Waals surface area contributed by atoms with Gasteiger partial charge in [0.15, 0.2) is 0 Å². The van der Waals surface area contributed by atoms with E-state index in [1.807, 2.05) is 33.8 Å². The van der Waals surface area contributed by atoms with Gasteiger partial charge in [-0.05, 0) is 46.2 Å². The fraction of sp³-hybridized carbons (Fsp3) is 0.474. The van der Waals surface area contributed by atoms with Crippen molar-refractivity contribution in [2.75, 3.05) is 13.1 Å². The fourth-order valence-corrected chi connectivity index (χ4v) is 2.70. The molecule has 140 valence electrons. The van der Waals surface area contributed by atoms with Gasteiger partial charge in [-0.2, -0.15) is 0 Å². The predicted molar refractivity (Wildman–Crippen MR) is 101 cm³/mol. The molecule has 0 radical (unpaired) electrons. The number of carbonyl (C=O) groups excluding carboxylic acids is 2. The lowest BCUT2D eigenvalue weighted by Gasteiger charge is -2.25. The van der Waals surface area contributed by atoms with E-state index in [4.69, 9.17) is 0 Å². The van der Waals surface area contributed by atoms with Crippen LogP contribution >= 0.6 is 0 Å². The van der Waals surface area contributed by atoms with Crippen LogP contribution in [0.3, 0.4) is 0 Å². The van der Waals surface area contributed by atoms with E-state index >= 15 is 0 Å². The smallest absolute Gasteiger partial charge is 0.261 e. The van der Waals surface area contributed by atoms with Gasteiger partial charge in [0.2, 0.25) is 11.8 Å². The van der Waals surface area contributed by atoms with Crippen molar-refractivity contribution in [2.45, 2.75) is 46.7 Å². The molecule has 7 nitrogen and oxygen atoms in total. The van der Waals surface area contributed by atoms with E-state index in [9.17, 15) is 14.4 Å². The molecule has 0 saturated carbocycles. The molecular weight excluding hydrogens is 332 g/mol. The molecule has 1 aromatic carbocycles. The van der Waals surface area contributed by atoms with Gasteiger partial charge in [-0.15, -0.1) is 0 Å². The molecule has 0 spiro atoms. The third-order valence-corrected chi connectivity index (χ3v) is 3.94. The molecule has 2 rings (SSSR count). The van der Waals surface area contributed by atoms with E-state index in [1.165, 1.54) is 15.8 Å². The van der Waals surface area contributed by atoms with Crippen LogP contribution in [0.25, 0.3) is 10.9 Å². The standard InChI is InChI=1S/C19H26N4O3/c1-6-22(10-15(24)21-19(3,4)5)16(25)11-23-12-20-17-13(2)8-7-9-14(17)18(23)26/h7-9,12H,6,10-11H2,1-5H3,(H,21,24). The molecule has 7 heteroatoms. The van der Waals surface area contributed by atoms with Crippen LogP contribution in [0, 0.1) is 6.92 Å². The van der Waals surface area contributed by atoms with Gasteiger partial charge in [-0.1, -0.05) is 12.1 Å².